The molecule has 0 radical (unpaired) electrons. The molecule has 30 heavy (non-hydrogen) atoms. The third kappa shape index (κ3) is 3.33. The summed E-state index contributed by atoms with van der Waals surface area (Å²) in [6.45, 7) is 6.41. The van der Waals surface area contributed by atoms with E-state index >= 15 is 0 Å². The average Bonchev–Trinajstić information content (AvgIpc) is 3.04. The Kier molecular flexibility index (Phi) is 5.63. The number of β-lactam (4-membered cyclic amide) rings is 1. The van der Waals surface area contributed by atoms with Gasteiger partial charge in [-0.3, -0.25) is 9.69 Å². The van der Waals surface area contributed by atoms with Crippen LogP contribution in [-0.4, -0.2) is 36.7 Å². The molecule has 7 heteroatoms. The lowest BCUT2D eigenvalue weighted by Gasteiger charge is -2.43. The SMILES string of the molecule is CSC1=C(C(=O)O[Si](c2ccccc2)(c2ccccc2)C(C)(C)C)N2C(=O)C[C@H]2S1. The van der Waals surface area contributed by atoms with Crippen molar-refractivity contribution in [1.82, 2.24) is 4.90 Å². The molecule has 0 N–H and O–H groups in total. The van der Waals surface area contributed by atoms with Crippen molar-refractivity contribution in [2.75, 3.05) is 6.26 Å². The van der Waals surface area contributed by atoms with Gasteiger partial charge in [0.25, 0.3) is 0 Å². The monoisotopic (exact) mass is 455 g/mol. The number of amides is 1. The fourth-order valence-electron chi connectivity index (χ4n) is 4.19. The van der Waals surface area contributed by atoms with Crippen LogP contribution in [-0.2, 0) is 14.0 Å². The van der Waals surface area contributed by atoms with Crippen LogP contribution in [0.3, 0.4) is 0 Å². The van der Waals surface area contributed by atoms with Crippen LogP contribution in [0.1, 0.15) is 27.2 Å². The van der Waals surface area contributed by atoms with Crippen LogP contribution in [0.5, 0.6) is 0 Å². The summed E-state index contributed by atoms with van der Waals surface area (Å²) < 4.78 is 7.48. The zero-order valence-corrected chi connectivity index (χ0v) is 20.2. The van der Waals surface area contributed by atoms with Gasteiger partial charge < -0.3 is 4.43 Å². The molecule has 4 nitrogen and oxygen atoms in total. The smallest absolute Gasteiger partial charge is 0.344 e. The van der Waals surface area contributed by atoms with Crippen molar-refractivity contribution in [2.24, 2.45) is 0 Å². The van der Waals surface area contributed by atoms with Crippen LogP contribution < -0.4 is 10.4 Å². The zero-order chi connectivity index (χ0) is 21.5. The molecular weight excluding hydrogens is 430 g/mol. The minimum atomic E-state index is -3.01. The van der Waals surface area contributed by atoms with Gasteiger partial charge in [-0.1, -0.05) is 93.2 Å². The van der Waals surface area contributed by atoms with E-state index in [9.17, 15) is 9.59 Å². The summed E-state index contributed by atoms with van der Waals surface area (Å²) in [5, 5.41) is 1.80. The minimum Gasteiger partial charge on any atom is -0.505 e. The molecule has 1 saturated heterocycles. The number of benzene rings is 2. The van der Waals surface area contributed by atoms with Crippen LogP contribution in [0.25, 0.3) is 0 Å². The van der Waals surface area contributed by atoms with Gasteiger partial charge in [0, 0.05) is 0 Å². The maximum absolute atomic E-state index is 13.7. The first-order valence-electron chi connectivity index (χ1n) is 9.91. The lowest BCUT2D eigenvalue weighted by Crippen LogP contribution is -2.67. The molecule has 4 rings (SSSR count). The molecule has 2 heterocycles. The van der Waals surface area contributed by atoms with Crippen LogP contribution in [0.15, 0.2) is 70.6 Å². The summed E-state index contributed by atoms with van der Waals surface area (Å²) in [4.78, 5) is 27.6. The Morgan fingerprint density at radius 2 is 1.60 bits per heavy atom. The first kappa shape index (κ1) is 21.3. The van der Waals surface area contributed by atoms with Gasteiger partial charge in [-0.05, 0) is 21.7 Å². The number of carbonyl (C=O) groups excluding carboxylic acids is 2. The minimum absolute atomic E-state index is 0.00838. The number of rotatable bonds is 5. The quantitative estimate of drug-likeness (QED) is 0.505. The maximum Gasteiger partial charge on any atom is 0.344 e. The highest BCUT2D eigenvalue weighted by atomic mass is 32.2. The molecule has 1 fully saturated rings. The number of hydrogen-bond acceptors (Lipinski definition) is 5. The predicted octanol–water partition coefficient (Wildman–Crippen LogP) is 3.93. The van der Waals surface area contributed by atoms with E-state index in [4.69, 9.17) is 4.43 Å². The molecule has 0 bridgehead atoms. The Hall–Kier alpha value is -1.96. The van der Waals surface area contributed by atoms with Gasteiger partial charge in [0.1, 0.15) is 5.70 Å². The van der Waals surface area contributed by atoms with Crippen molar-refractivity contribution in [3.05, 3.63) is 70.6 Å². The van der Waals surface area contributed by atoms with Crippen LogP contribution in [0, 0.1) is 0 Å². The molecule has 1 amide bonds. The second kappa shape index (κ2) is 7.94. The highest BCUT2D eigenvalue weighted by Gasteiger charge is 2.56. The van der Waals surface area contributed by atoms with Gasteiger partial charge >= 0.3 is 14.3 Å². The second-order valence-corrected chi connectivity index (χ2v) is 14.9. The van der Waals surface area contributed by atoms with Gasteiger partial charge in [0.05, 0.1) is 16.0 Å². The fourth-order valence-corrected chi connectivity index (χ4v) is 10.7. The Morgan fingerprint density at radius 1 is 1.07 bits per heavy atom. The van der Waals surface area contributed by atoms with E-state index in [2.05, 4.69) is 45.0 Å². The average molecular weight is 456 g/mol. The van der Waals surface area contributed by atoms with Crippen molar-refractivity contribution >= 4 is 54.1 Å². The molecular formula is C23H25NO3S2Si. The van der Waals surface area contributed by atoms with Crippen molar-refractivity contribution < 1.29 is 14.0 Å². The summed E-state index contributed by atoms with van der Waals surface area (Å²) in [5.74, 6) is -0.400. The number of thioether (sulfide) groups is 2. The van der Waals surface area contributed by atoms with E-state index in [1.165, 1.54) is 11.8 Å². The molecule has 0 aliphatic carbocycles. The van der Waals surface area contributed by atoms with Gasteiger partial charge in [-0.2, -0.15) is 0 Å². The Morgan fingerprint density at radius 3 is 2.03 bits per heavy atom. The normalized spacial score (nSPS) is 18.9. The Balaban J connectivity index is 1.85. The van der Waals surface area contributed by atoms with Gasteiger partial charge in [-0.15, -0.1) is 11.8 Å². The van der Waals surface area contributed by atoms with E-state index in [1.54, 1.807) is 16.7 Å². The van der Waals surface area contributed by atoms with Crippen LogP contribution in [0.2, 0.25) is 5.04 Å². The third-order valence-corrected chi connectivity index (χ3v) is 12.9. The standard InChI is InChI=1S/C23H25NO3S2Si/c1-23(2,3)30(16-11-7-5-8-12-16,17-13-9-6-10-14-17)27-21(26)20-22(28-4)29-19-15-18(25)24(19)20/h5-14,19H,15H2,1-4H3/t19-/m1/s1. The summed E-state index contributed by atoms with van der Waals surface area (Å²) in [5.41, 5.74) is 0.418. The lowest BCUT2D eigenvalue weighted by molar-refractivity contribution is -0.144. The van der Waals surface area contributed by atoms with Crippen LogP contribution >= 0.6 is 23.5 Å². The van der Waals surface area contributed by atoms with Crippen molar-refractivity contribution in [3.8, 4) is 0 Å². The summed E-state index contributed by atoms with van der Waals surface area (Å²) in [7, 11) is -3.01. The first-order valence-corrected chi connectivity index (χ1v) is 13.9. The molecule has 2 aliphatic heterocycles. The summed E-state index contributed by atoms with van der Waals surface area (Å²) in [6, 6.07) is 20.2. The Bertz CT molecular complexity index is 963. The summed E-state index contributed by atoms with van der Waals surface area (Å²) >= 11 is 3.09. The molecule has 156 valence electrons. The number of nitrogens with zero attached hydrogens (tertiary/aromatic N) is 1. The maximum atomic E-state index is 13.7. The van der Waals surface area contributed by atoms with E-state index in [0.29, 0.717) is 12.1 Å². The van der Waals surface area contributed by atoms with Crippen molar-refractivity contribution in [2.45, 2.75) is 37.6 Å². The second-order valence-electron chi connectivity index (χ2n) is 8.43. The zero-order valence-electron chi connectivity index (χ0n) is 17.5. The van der Waals surface area contributed by atoms with Gasteiger partial charge in [0.2, 0.25) is 5.91 Å². The lowest BCUT2D eigenvalue weighted by atomic mass is 10.2. The third-order valence-electron chi connectivity index (χ3n) is 5.62. The highest BCUT2D eigenvalue weighted by molar-refractivity contribution is 8.22. The van der Waals surface area contributed by atoms with Crippen molar-refractivity contribution in [1.29, 1.82) is 0 Å². The number of hydrogen-bond donors (Lipinski definition) is 0. The van der Waals surface area contributed by atoms with E-state index in [1.807, 2.05) is 42.7 Å². The Labute approximate surface area is 187 Å². The molecule has 0 aromatic heterocycles. The predicted molar refractivity (Wildman–Crippen MR) is 127 cm³/mol. The van der Waals surface area contributed by atoms with E-state index in [-0.39, 0.29) is 16.3 Å². The molecule has 1 atom stereocenters. The van der Waals surface area contributed by atoms with E-state index < -0.39 is 14.3 Å². The largest absolute Gasteiger partial charge is 0.505 e. The van der Waals surface area contributed by atoms with Gasteiger partial charge in [0.15, 0.2) is 0 Å². The molecule has 2 aromatic rings. The highest BCUT2D eigenvalue weighted by Crippen LogP contribution is 2.50. The molecule has 0 spiro atoms. The molecule has 0 unspecified atom stereocenters. The topological polar surface area (TPSA) is 46.6 Å². The first-order chi connectivity index (χ1) is 14.3. The van der Waals surface area contributed by atoms with Crippen molar-refractivity contribution in [3.63, 3.8) is 0 Å². The number of carbonyl (C=O) groups is 2. The fraction of sp³-hybridized carbons (Fsp3) is 0.304. The summed E-state index contributed by atoms with van der Waals surface area (Å²) in [6.07, 6.45) is 2.42. The van der Waals surface area contributed by atoms with Crippen LogP contribution in [0.4, 0.5) is 0 Å². The molecule has 2 aromatic carbocycles. The van der Waals surface area contributed by atoms with E-state index in [0.717, 1.165) is 14.6 Å². The van der Waals surface area contributed by atoms with Gasteiger partial charge in [-0.25, -0.2) is 4.79 Å². The number of fused-ring (bicyclic) bond motifs is 1. The molecule has 2 aliphatic rings. The molecule has 0 saturated carbocycles.